The van der Waals surface area contributed by atoms with Gasteiger partial charge in [0, 0.05) is 18.6 Å². The predicted molar refractivity (Wildman–Crippen MR) is 63.9 cm³/mol. The minimum atomic E-state index is 0.509. The predicted octanol–water partition coefficient (Wildman–Crippen LogP) is 1.54. The summed E-state index contributed by atoms with van der Waals surface area (Å²) in [6.45, 7) is 0. The molecule has 0 fully saturated rings. The average Bonchev–Trinajstić information content (AvgIpc) is 2.81. The molecule has 0 aliphatic carbocycles. The van der Waals surface area contributed by atoms with Crippen LogP contribution in [0.15, 0.2) is 47.0 Å². The lowest BCUT2D eigenvalue weighted by atomic mass is 10.3. The van der Waals surface area contributed by atoms with Crippen LogP contribution in [-0.2, 0) is 0 Å². The number of fused-ring (bicyclic) bond motifs is 1. The summed E-state index contributed by atoms with van der Waals surface area (Å²) >= 11 is 1.25. The smallest absolute Gasteiger partial charge is 0.248 e. The Morgan fingerprint density at radius 1 is 1.22 bits per heavy atom. The number of nitriles is 1. The number of hydrogen-bond donors (Lipinski definition) is 0. The Bertz CT molecular complexity index is 711. The summed E-state index contributed by atoms with van der Waals surface area (Å²) in [5, 5.41) is 14.3. The minimum Gasteiger partial charge on any atom is -0.248 e. The van der Waals surface area contributed by atoms with E-state index in [1.807, 2.05) is 0 Å². The van der Waals surface area contributed by atoms with Crippen LogP contribution in [0.5, 0.6) is 0 Å². The molecule has 3 heterocycles. The van der Waals surface area contributed by atoms with Gasteiger partial charge in [-0.25, -0.2) is 14.5 Å². The highest BCUT2D eigenvalue weighted by molar-refractivity contribution is 7.99. The number of nitrogens with zero attached hydrogens (tertiary/aromatic N) is 6. The van der Waals surface area contributed by atoms with E-state index in [0.717, 1.165) is 0 Å². The third-order valence-corrected chi connectivity index (χ3v) is 3.05. The molecule has 0 saturated heterocycles. The first kappa shape index (κ1) is 10.7. The zero-order valence-electron chi connectivity index (χ0n) is 9.06. The monoisotopic (exact) mass is 254 g/mol. The molecule has 3 rings (SSSR count). The Balaban J connectivity index is 1.99. The highest BCUT2D eigenvalue weighted by atomic mass is 32.2. The summed E-state index contributed by atoms with van der Waals surface area (Å²) in [5.41, 5.74) is 0.509. The SMILES string of the molecule is N#Cc1cccnc1Sc1nc2ncccn2n1. The first-order chi connectivity index (χ1) is 8.86. The lowest BCUT2D eigenvalue weighted by molar-refractivity contribution is 0.877. The van der Waals surface area contributed by atoms with Crippen molar-refractivity contribution < 1.29 is 0 Å². The fourth-order valence-corrected chi connectivity index (χ4v) is 2.17. The van der Waals surface area contributed by atoms with Crippen molar-refractivity contribution in [2.75, 3.05) is 0 Å². The molecule has 3 aromatic rings. The van der Waals surface area contributed by atoms with Crippen molar-refractivity contribution in [3.8, 4) is 6.07 Å². The van der Waals surface area contributed by atoms with E-state index in [1.165, 1.54) is 11.8 Å². The molecule has 0 saturated carbocycles. The van der Waals surface area contributed by atoms with Crippen LogP contribution in [0.3, 0.4) is 0 Å². The van der Waals surface area contributed by atoms with Crippen molar-refractivity contribution in [3.63, 3.8) is 0 Å². The topological polar surface area (TPSA) is 79.8 Å². The third kappa shape index (κ3) is 1.89. The van der Waals surface area contributed by atoms with Gasteiger partial charge in [0.05, 0.1) is 5.56 Å². The van der Waals surface area contributed by atoms with Gasteiger partial charge in [-0.1, -0.05) is 0 Å². The van der Waals surface area contributed by atoms with Crippen molar-refractivity contribution in [2.24, 2.45) is 0 Å². The van der Waals surface area contributed by atoms with E-state index in [2.05, 4.69) is 26.1 Å². The maximum Gasteiger partial charge on any atom is 0.253 e. The van der Waals surface area contributed by atoms with E-state index >= 15 is 0 Å². The Hall–Kier alpha value is -2.46. The van der Waals surface area contributed by atoms with Crippen LogP contribution < -0.4 is 0 Å². The molecular weight excluding hydrogens is 248 g/mol. The molecule has 0 bridgehead atoms. The number of pyridine rings is 1. The second kappa shape index (κ2) is 4.43. The largest absolute Gasteiger partial charge is 0.253 e. The van der Waals surface area contributed by atoms with Crippen molar-refractivity contribution in [1.82, 2.24) is 24.6 Å². The molecule has 0 radical (unpaired) electrons. The molecule has 0 aliphatic rings. The van der Waals surface area contributed by atoms with Gasteiger partial charge < -0.3 is 0 Å². The zero-order chi connectivity index (χ0) is 12.4. The first-order valence-electron chi connectivity index (χ1n) is 5.07. The number of rotatable bonds is 2. The molecule has 3 aromatic heterocycles. The van der Waals surface area contributed by atoms with Crippen molar-refractivity contribution in [2.45, 2.75) is 10.2 Å². The quantitative estimate of drug-likeness (QED) is 0.690. The summed E-state index contributed by atoms with van der Waals surface area (Å²) in [6.07, 6.45) is 5.06. The molecule has 0 aliphatic heterocycles. The van der Waals surface area contributed by atoms with Gasteiger partial charge in [-0.15, -0.1) is 5.10 Å². The summed E-state index contributed by atoms with van der Waals surface area (Å²) in [6, 6.07) is 7.30. The maximum absolute atomic E-state index is 8.97. The fourth-order valence-electron chi connectivity index (χ4n) is 1.40. The van der Waals surface area contributed by atoms with Gasteiger partial charge in [0.15, 0.2) is 0 Å². The Labute approximate surface area is 106 Å². The van der Waals surface area contributed by atoms with E-state index in [-0.39, 0.29) is 0 Å². The zero-order valence-corrected chi connectivity index (χ0v) is 9.87. The Kier molecular flexibility index (Phi) is 2.63. The molecule has 0 aromatic carbocycles. The molecule has 0 N–H and O–H groups in total. The van der Waals surface area contributed by atoms with Gasteiger partial charge in [-0.05, 0) is 30.0 Å². The van der Waals surface area contributed by atoms with Crippen LogP contribution in [0, 0.1) is 11.3 Å². The third-order valence-electron chi connectivity index (χ3n) is 2.18. The molecule has 0 spiro atoms. The van der Waals surface area contributed by atoms with Crippen LogP contribution in [-0.4, -0.2) is 24.6 Å². The molecule has 0 unspecified atom stereocenters. The number of hydrogen-bond acceptors (Lipinski definition) is 6. The molecule has 0 atom stereocenters. The lowest BCUT2D eigenvalue weighted by Gasteiger charge is -1.96. The lowest BCUT2D eigenvalue weighted by Crippen LogP contribution is -1.88. The number of aromatic nitrogens is 5. The summed E-state index contributed by atoms with van der Waals surface area (Å²) < 4.78 is 1.58. The summed E-state index contributed by atoms with van der Waals surface area (Å²) in [5.74, 6) is 0.523. The van der Waals surface area contributed by atoms with E-state index in [9.17, 15) is 0 Å². The van der Waals surface area contributed by atoms with Gasteiger partial charge >= 0.3 is 0 Å². The minimum absolute atomic E-state index is 0.509. The Morgan fingerprint density at radius 3 is 2.94 bits per heavy atom. The maximum atomic E-state index is 8.97. The van der Waals surface area contributed by atoms with Crippen LogP contribution in [0.25, 0.3) is 5.78 Å². The highest BCUT2D eigenvalue weighted by Gasteiger charge is 2.10. The van der Waals surface area contributed by atoms with Crippen LogP contribution >= 0.6 is 11.8 Å². The highest BCUT2D eigenvalue weighted by Crippen LogP contribution is 2.25. The van der Waals surface area contributed by atoms with E-state index in [0.29, 0.717) is 21.5 Å². The molecular formula is C11H6N6S. The van der Waals surface area contributed by atoms with Crippen molar-refractivity contribution in [1.29, 1.82) is 5.26 Å². The van der Waals surface area contributed by atoms with Crippen LogP contribution in [0.2, 0.25) is 0 Å². The van der Waals surface area contributed by atoms with Gasteiger partial charge in [0.2, 0.25) is 5.16 Å². The molecule has 86 valence electrons. The molecule has 7 heteroatoms. The van der Waals surface area contributed by atoms with Crippen LogP contribution in [0.1, 0.15) is 5.56 Å². The second-order valence-corrected chi connectivity index (χ2v) is 4.28. The van der Waals surface area contributed by atoms with Gasteiger partial charge in [-0.3, -0.25) is 0 Å². The van der Waals surface area contributed by atoms with E-state index in [4.69, 9.17) is 5.26 Å². The van der Waals surface area contributed by atoms with Gasteiger partial charge in [0.25, 0.3) is 5.78 Å². The summed E-state index contributed by atoms with van der Waals surface area (Å²) in [7, 11) is 0. The normalized spacial score (nSPS) is 10.4. The van der Waals surface area contributed by atoms with Gasteiger partial charge in [0.1, 0.15) is 11.1 Å². The Morgan fingerprint density at radius 2 is 2.11 bits per heavy atom. The summed E-state index contributed by atoms with van der Waals surface area (Å²) in [4.78, 5) is 12.5. The van der Waals surface area contributed by atoms with Crippen LogP contribution in [0.4, 0.5) is 0 Å². The standard InChI is InChI=1S/C11H6N6S/c12-7-8-3-1-4-13-9(8)18-11-15-10-14-5-2-6-17(10)16-11/h1-6H. The van der Waals surface area contributed by atoms with E-state index in [1.54, 1.807) is 41.3 Å². The average molecular weight is 254 g/mol. The van der Waals surface area contributed by atoms with Crippen molar-refractivity contribution in [3.05, 3.63) is 42.4 Å². The molecule has 0 amide bonds. The fraction of sp³-hybridized carbons (Fsp3) is 0. The molecule has 18 heavy (non-hydrogen) atoms. The van der Waals surface area contributed by atoms with Crippen molar-refractivity contribution >= 4 is 17.5 Å². The van der Waals surface area contributed by atoms with E-state index < -0.39 is 0 Å². The molecule has 6 nitrogen and oxygen atoms in total. The second-order valence-electron chi connectivity index (χ2n) is 3.33. The first-order valence-corrected chi connectivity index (χ1v) is 5.89. The van der Waals surface area contributed by atoms with Gasteiger partial charge in [-0.2, -0.15) is 10.2 Å².